The molecule has 1 fully saturated rings. The number of halogens is 2. The fraction of sp³-hybridized carbons (Fsp3) is 0.500. The Labute approximate surface area is 111 Å². The summed E-state index contributed by atoms with van der Waals surface area (Å²) in [4.78, 5) is 11.7. The van der Waals surface area contributed by atoms with Crippen LogP contribution in [0.3, 0.4) is 0 Å². The molecule has 0 bridgehead atoms. The molecular weight excluding hydrogens is 250 g/mol. The van der Waals surface area contributed by atoms with Gasteiger partial charge in [-0.25, -0.2) is 13.6 Å². The average molecular weight is 268 g/mol. The zero-order chi connectivity index (χ0) is 13.7. The van der Waals surface area contributed by atoms with Gasteiger partial charge in [-0.2, -0.15) is 0 Å². The van der Waals surface area contributed by atoms with Gasteiger partial charge in [0, 0.05) is 12.1 Å². The average Bonchev–Trinajstić information content (AvgIpc) is 2.62. The number of hydrogen-bond donors (Lipinski definition) is 2. The highest BCUT2D eigenvalue weighted by Crippen LogP contribution is 2.18. The molecule has 0 unspecified atom stereocenters. The Morgan fingerprint density at radius 3 is 2.47 bits per heavy atom. The molecule has 3 nitrogen and oxygen atoms in total. The summed E-state index contributed by atoms with van der Waals surface area (Å²) in [5.41, 5.74) is -0.133. The SMILES string of the molecule is O=C(Nc1cc(F)ccc1F)NC1CCCCCC1. The van der Waals surface area contributed by atoms with Crippen molar-refractivity contribution in [2.45, 2.75) is 44.6 Å². The van der Waals surface area contributed by atoms with Crippen LogP contribution < -0.4 is 10.6 Å². The summed E-state index contributed by atoms with van der Waals surface area (Å²) in [5, 5.41) is 5.17. The first kappa shape index (κ1) is 13.8. The van der Waals surface area contributed by atoms with Crippen molar-refractivity contribution >= 4 is 11.7 Å². The first-order valence-corrected chi connectivity index (χ1v) is 6.68. The number of amides is 2. The number of hydrogen-bond acceptors (Lipinski definition) is 1. The highest BCUT2D eigenvalue weighted by atomic mass is 19.1. The van der Waals surface area contributed by atoms with Gasteiger partial charge in [-0.3, -0.25) is 0 Å². The second kappa shape index (κ2) is 6.50. The lowest BCUT2D eigenvalue weighted by Crippen LogP contribution is -2.37. The fourth-order valence-electron chi connectivity index (χ4n) is 2.36. The number of carbonyl (C=O) groups excluding carboxylic acids is 1. The lowest BCUT2D eigenvalue weighted by Gasteiger charge is -2.16. The van der Waals surface area contributed by atoms with Gasteiger partial charge in [-0.05, 0) is 25.0 Å². The Balaban J connectivity index is 1.91. The molecule has 104 valence electrons. The Hall–Kier alpha value is -1.65. The zero-order valence-corrected chi connectivity index (χ0v) is 10.7. The monoisotopic (exact) mass is 268 g/mol. The summed E-state index contributed by atoms with van der Waals surface area (Å²) in [7, 11) is 0. The van der Waals surface area contributed by atoms with Crippen molar-refractivity contribution in [2.75, 3.05) is 5.32 Å². The second-order valence-electron chi connectivity index (χ2n) is 4.91. The van der Waals surface area contributed by atoms with Crippen molar-refractivity contribution < 1.29 is 13.6 Å². The van der Waals surface area contributed by atoms with Crippen LogP contribution >= 0.6 is 0 Å². The van der Waals surface area contributed by atoms with Crippen molar-refractivity contribution in [1.29, 1.82) is 0 Å². The number of rotatable bonds is 2. The minimum atomic E-state index is -0.641. The first-order chi connectivity index (χ1) is 9.15. The van der Waals surface area contributed by atoms with Crippen LogP contribution in [-0.4, -0.2) is 12.1 Å². The van der Waals surface area contributed by atoms with Crippen LogP contribution in [0.2, 0.25) is 0 Å². The number of benzene rings is 1. The van der Waals surface area contributed by atoms with Gasteiger partial charge in [-0.1, -0.05) is 25.7 Å². The van der Waals surface area contributed by atoms with E-state index in [1.165, 1.54) is 12.8 Å². The van der Waals surface area contributed by atoms with Crippen LogP contribution in [0, 0.1) is 11.6 Å². The maximum Gasteiger partial charge on any atom is 0.319 e. The molecule has 0 radical (unpaired) electrons. The van der Waals surface area contributed by atoms with E-state index in [9.17, 15) is 13.6 Å². The molecule has 1 aliphatic rings. The van der Waals surface area contributed by atoms with Crippen molar-refractivity contribution in [3.63, 3.8) is 0 Å². The lowest BCUT2D eigenvalue weighted by molar-refractivity contribution is 0.247. The number of anilines is 1. The van der Waals surface area contributed by atoms with Gasteiger partial charge in [0.15, 0.2) is 0 Å². The first-order valence-electron chi connectivity index (χ1n) is 6.68. The molecule has 1 aromatic rings. The van der Waals surface area contributed by atoms with E-state index in [2.05, 4.69) is 10.6 Å². The third kappa shape index (κ3) is 4.19. The number of nitrogens with one attached hydrogen (secondary N) is 2. The molecule has 1 saturated carbocycles. The van der Waals surface area contributed by atoms with E-state index in [4.69, 9.17) is 0 Å². The summed E-state index contributed by atoms with van der Waals surface area (Å²) in [5.74, 6) is -1.22. The topological polar surface area (TPSA) is 41.1 Å². The highest BCUT2D eigenvalue weighted by molar-refractivity contribution is 5.89. The van der Waals surface area contributed by atoms with E-state index < -0.39 is 17.7 Å². The highest BCUT2D eigenvalue weighted by Gasteiger charge is 2.15. The van der Waals surface area contributed by atoms with E-state index in [1.54, 1.807) is 0 Å². The third-order valence-corrected chi connectivity index (χ3v) is 3.37. The molecule has 0 heterocycles. The smallest absolute Gasteiger partial charge is 0.319 e. The standard InChI is InChI=1S/C14H18F2N2O/c15-10-7-8-12(16)13(9-10)18-14(19)17-11-5-3-1-2-4-6-11/h7-9,11H,1-6H2,(H2,17,18,19). The normalized spacial score (nSPS) is 16.7. The van der Waals surface area contributed by atoms with Crippen molar-refractivity contribution in [1.82, 2.24) is 5.32 Å². The Morgan fingerprint density at radius 1 is 1.11 bits per heavy atom. The molecule has 5 heteroatoms. The van der Waals surface area contributed by atoms with Gasteiger partial charge >= 0.3 is 6.03 Å². The summed E-state index contributed by atoms with van der Waals surface area (Å²) >= 11 is 0. The predicted molar refractivity (Wildman–Crippen MR) is 70.0 cm³/mol. The maximum atomic E-state index is 13.4. The van der Waals surface area contributed by atoms with Gasteiger partial charge < -0.3 is 10.6 Å². The van der Waals surface area contributed by atoms with Gasteiger partial charge in [-0.15, -0.1) is 0 Å². The summed E-state index contributed by atoms with van der Waals surface area (Å²) < 4.78 is 26.3. The maximum absolute atomic E-state index is 13.4. The molecule has 19 heavy (non-hydrogen) atoms. The van der Waals surface area contributed by atoms with E-state index >= 15 is 0 Å². The summed E-state index contributed by atoms with van der Waals surface area (Å²) in [6.45, 7) is 0. The Morgan fingerprint density at radius 2 is 1.79 bits per heavy atom. The molecule has 2 N–H and O–H groups in total. The molecule has 1 aromatic carbocycles. The molecule has 1 aliphatic carbocycles. The number of urea groups is 1. The lowest BCUT2D eigenvalue weighted by atomic mass is 10.1. The molecule has 2 amide bonds. The molecular formula is C14H18F2N2O. The zero-order valence-electron chi connectivity index (χ0n) is 10.7. The van der Waals surface area contributed by atoms with Crippen LogP contribution in [0.4, 0.5) is 19.3 Å². The van der Waals surface area contributed by atoms with Gasteiger partial charge in [0.25, 0.3) is 0 Å². The van der Waals surface area contributed by atoms with Crippen LogP contribution in [0.25, 0.3) is 0 Å². The predicted octanol–water partition coefficient (Wildman–Crippen LogP) is 3.81. The van der Waals surface area contributed by atoms with Gasteiger partial charge in [0.05, 0.1) is 5.69 Å². The largest absolute Gasteiger partial charge is 0.335 e. The summed E-state index contributed by atoms with van der Waals surface area (Å²) in [6, 6.07) is 2.64. The Bertz CT molecular complexity index is 443. The van der Waals surface area contributed by atoms with Gasteiger partial charge in [0.1, 0.15) is 11.6 Å². The summed E-state index contributed by atoms with van der Waals surface area (Å²) in [6.07, 6.45) is 6.47. The van der Waals surface area contributed by atoms with Crippen molar-refractivity contribution in [3.8, 4) is 0 Å². The van der Waals surface area contributed by atoms with Crippen LogP contribution in [0.15, 0.2) is 18.2 Å². The molecule has 0 spiro atoms. The van der Waals surface area contributed by atoms with Gasteiger partial charge in [0.2, 0.25) is 0 Å². The van der Waals surface area contributed by atoms with E-state index in [-0.39, 0.29) is 11.7 Å². The van der Waals surface area contributed by atoms with Crippen LogP contribution in [0.5, 0.6) is 0 Å². The molecule has 0 aromatic heterocycles. The van der Waals surface area contributed by atoms with E-state index in [0.717, 1.165) is 43.9 Å². The third-order valence-electron chi connectivity index (χ3n) is 3.37. The minimum absolute atomic E-state index is 0.124. The minimum Gasteiger partial charge on any atom is -0.335 e. The second-order valence-corrected chi connectivity index (χ2v) is 4.91. The molecule has 0 saturated heterocycles. The fourth-order valence-corrected chi connectivity index (χ4v) is 2.36. The van der Waals surface area contributed by atoms with Crippen LogP contribution in [0.1, 0.15) is 38.5 Å². The van der Waals surface area contributed by atoms with E-state index in [1.807, 2.05) is 0 Å². The van der Waals surface area contributed by atoms with E-state index in [0.29, 0.717) is 0 Å². The molecule has 0 aliphatic heterocycles. The Kier molecular flexibility index (Phi) is 4.71. The molecule has 0 atom stereocenters. The van der Waals surface area contributed by atoms with Crippen LogP contribution in [-0.2, 0) is 0 Å². The number of carbonyl (C=O) groups is 1. The quantitative estimate of drug-likeness (QED) is 0.787. The van der Waals surface area contributed by atoms with Crippen molar-refractivity contribution in [3.05, 3.63) is 29.8 Å². The molecule has 2 rings (SSSR count). The van der Waals surface area contributed by atoms with Crippen molar-refractivity contribution in [2.24, 2.45) is 0 Å².